The number of nitrogens with zero attached hydrogens (tertiary/aromatic N) is 2. The van der Waals surface area contributed by atoms with E-state index < -0.39 is 0 Å². The number of urea groups is 1. The van der Waals surface area contributed by atoms with E-state index in [4.69, 9.17) is 0 Å². The highest BCUT2D eigenvalue weighted by Gasteiger charge is 2.25. The van der Waals surface area contributed by atoms with Gasteiger partial charge in [0.1, 0.15) is 12.4 Å². The number of carbonyl (C=O) groups excluding carboxylic acids is 2. The Morgan fingerprint density at radius 1 is 1.36 bits per heavy atom. The van der Waals surface area contributed by atoms with Gasteiger partial charge < -0.3 is 20.4 Å². The summed E-state index contributed by atoms with van der Waals surface area (Å²) in [7, 11) is 0. The van der Waals surface area contributed by atoms with Crippen LogP contribution in [0.25, 0.3) is 0 Å². The minimum atomic E-state index is -0.233. The van der Waals surface area contributed by atoms with Crippen molar-refractivity contribution in [2.45, 2.75) is 32.2 Å². The number of anilines is 1. The molecule has 0 aliphatic carbocycles. The lowest BCUT2D eigenvalue weighted by molar-refractivity contribution is -0.122. The third-order valence-electron chi connectivity index (χ3n) is 4.79. The van der Waals surface area contributed by atoms with Gasteiger partial charge in [0, 0.05) is 37.9 Å². The van der Waals surface area contributed by atoms with Crippen molar-refractivity contribution in [3.63, 3.8) is 0 Å². The van der Waals surface area contributed by atoms with Crippen LogP contribution >= 0.6 is 0 Å². The quantitative estimate of drug-likeness (QED) is 0.869. The minimum Gasteiger partial charge on any atom is -0.369 e. The molecule has 0 aromatic heterocycles. The zero-order valence-electron chi connectivity index (χ0n) is 14.6. The van der Waals surface area contributed by atoms with Gasteiger partial charge in [0.25, 0.3) is 0 Å². The molecule has 3 amide bonds. The predicted octanol–water partition coefficient (Wildman–Crippen LogP) is 1.63. The summed E-state index contributed by atoms with van der Waals surface area (Å²) in [5, 5.41) is 5.79. The molecule has 1 unspecified atom stereocenters. The lowest BCUT2D eigenvalue weighted by Crippen LogP contribution is -2.53. The second-order valence-electron chi connectivity index (χ2n) is 6.79. The molecule has 2 heterocycles. The van der Waals surface area contributed by atoms with E-state index >= 15 is 0 Å². The van der Waals surface area contributed by atoms with E-state index in [1.165, 1.54) is 12.1 Å². The van der Waals surface area contributed by atoms with Crippen molar-refractivity contribution in [2.75, 3.05) is 37.6 Å². The normalized spacial score (nSPS) is 21.0. The first-order chi connectivity index (χ1) is 12.0. The van der Waals surface area contributed by atoms with Crippen LogP contribution in [0, 0.1) is 12.7 Å². The van der Waals surface area contributed by atoms with E-state index in [2.05, 4.69) is 15.5 Å². The zero-order chi connectivity index (χ0) is 17.8. The van der Waals surface area contributed by atoms with Crippen molar-refractivity contribution < 1.29 is 14.0 Å². The third kappa shape index (κ3) is 4.41. The Hall–Kier alpha value is -2.31. The summed E-state index contributed by atoms with van der Waals surface area (Å²) >= 11 is 0. The smallest absolute Gasteiger partial charge is 0.317 e. The van der Waals surface area contributed by atoms with Crippen molar-refractivity contribution in [1.29, 1.82) is 0 Å². The summed E-state index contributed by atoms with van der Waals surface area (Å²) in [6.07, 6.45) is 2.74. The Labute approximate surface area is 147 Å². The monoisotopic (exact) mass is 348 g/mol. The minimum absolute atomic E-state index is 0.0403. The fraction of sp³-hybridized carbons (Fsp3) is 0.556. The topological polar surface area (TPSA) is 64.7 Å². The van der Waals surface area contributed by atoms with Crippen LogP contribution in [0.1, 0.15) is 24.8 Å². The third-order valence-corrected chi connectivity index (χ3v) is 4.79. The second-order valence-corrected chi connectivity index (χ2v) is 6.79. The van der Waals surface area contributed by atoms with E-state index in [0.29, 0.717) is 19.6 Å². The molecular formula is C18H25FN4O2. The number of rotatable bonds is 4. The molecule has 25 heavy (non-hydrogen) atoms. The second kappa shape index (κ2) is 7.72. The number of carbonyl (C=O) groups is 2. The molecule has 7 heteroatoms. The number of nitrogens with one attached hydrogen (secondary N) is 2. The lowest BCUT2D eigenvalue weighted by atomic mass is 10.0. The van der Waals surface area contributed by atoms with Gasteiger partial charge in [-0.15, -0.1) is 0 Å². The number of benzene rings is 1. The van der Waals surface area contributed by atoms with Gasteiger partial charge in [-0.2, -0.15) is 0 Å². The van der Waals surface area contributed by atoms with Crippen LogP contribution in [0.5, 0.6) is 0 Å². The molecule has 2 aliphatic rings. The zero-order valence-corrected chi connectivity index (χ0v) is 14.6. The highest BCUT2D eigenvalue weighted by atomic mass is 19.1. The summed E-state index contributed by atoms with van der Waals surface area (Å²) in [5.74, 6) is -0.359. The molecule has 2 N–H and O–H groups in total. The lowest BCUT2D eigenvalue weighted by Gasteiger charge is -2.36. The van der Waals surface area contributed by atoms with Crippen LogP contribution in [0.15, 0.2) is 18.2 Å². The fourth-order valence-corrected chi connectivity index (χ4v) is 3.56. The fourth-order valence-electron chi connectivity index (χ4n) is 3.56. The Bertz CT molecular complexity index is 652. The average molecular weight is 348 g/mol. The van der Waals surface area contributed by atoms with Gasteiger partial charge in [-0.05, 0) is 49.9 Å². The molecule has 0 bridgehead atoms. The van der Waals surface area contributed by atoms with Crippen LogP contribution in [0.3, 0.4) is 0 Å². The molecule has 0 spiro atoms. The first-order valence-corrected chi connectivity index (χ1v) is 8.86. The predicted molar refractivity (Wildman–Crippen MR) is 94.1 cm³/mol. The maximum Gasteiger partial charge on any atom is 0.317 e. The number of piperidine rings is 1. The summed E-state index contributed by atoms with van der Waals surface area (Å²) in [6.45, 7) is 4.88. The van der Waals surface area contributed by atoms with E-state index in [0.717, 1.165) is 37.1 Å². The molecule has 3 rings (SSSR count). The first kappa shape index (κ1) is 17.5. The van der Waals surface area contributed by atoms with Crippen molar-refractivity contribution in [1.82, 2.24) is 15.5 Å². The molecule has 2 fully saturated rings. The summed E-state index contributed by atoms with van der Waals surface area (Å²) in [5.41, 5.74) is 1.91. The SMILES string of the molecule is Cc1cc(F)ccc1N1CCCC(NC(=O)CN2CCCNC2=O)C1. The van der Waals surface area contributed by atoms with Crippen molar-refractivity contribution in [3.8, 4) is 0 Å². The Kier molecular flexibility index (Phi) is 5.40. The van der Waals surface area contributed by atoms with Gasteiger partial charge in [0.15, 0.2) is 0 Å². The Morgan fingerprint density at radius 3 is 2.96 bits per heavy atom. The van der Waals surface area contributed by atoms with Gasteiger partial charge in [0.2, 0.25) is 5.91 Å². The van der Waals surface area contributed by atoms with Gasteiger partial charge in [-0.25, -0.2) is 9.18 Å². The Balaban J connectivity index is 1.56. The van der Waals surface area contributed by atoms with Crippen LogP contribution in [0.2, 0.25) is 0 Å². The number of hydrogen-bond acceptors (Lipinski definition) is 3. The summed E-state index contributed by atoms with van der Waals surface area (Å²) in [6, 6.07) is 4.67. The van der Waals surface area contributed by atoms with Crippen molar-refractivity contribution >= 4 is 17.6 Å². The van der Waals surface area contributed by atoms with Crippen molar-refractivity contribution in [2.24, 2.45) is 0 Å². The summed E-state index contributed by atoms with van der Waals surface area (Å²) in [4.78, 5) is 27.7. The molecular weight excluding hydrogens is 323 g/mol. The molecule has 2 aliphatic heterocycles. The number of amides is 3. The van der Waals surface area contributed by atoms with E-state index in [1.807, 2.05) is 6.92 Å². The highest BCUT2D eigenvalue weighted by molar-refractivity contribution is 5.84. The van der Waals surface area contributed by atoms with Crippen LogP contribution in [-0.4, -0.2) is 55.6 Å². The van der Waals surface area contributed by atoms with Crippen LogP contribution < -0.4 is 15.5 Å². The van der Waals surface area contributed by atoms with Crippen molar-refractivity contribution in [3.05, 3.63) is 29.6 Å². The van der Waals surface area contributed by atoms with E-state index in [1.54, 1.807) is 11.0 Å². The van der Waals surface area contributed by atoms with E-state index in [-0.39, 0.29) is 30.3 Å². The average Bonchev–Trinajstić information content (AvgIpc) is 2.57. The Morgan fingerprint density at radius 2 is 2.20 bits per heavy atom. The number of halogens is 1. The molecule has 1 atom stereocenters. The van der Waals surface area contributed by atoms with E-state index in [9.17, 15) is 14.0 Å². The summed E-state index contributed by atoms with van der Waals surface area (Å²) < 4.78 is 13.3. The molecule has 136 valence electrons. The number of aryl methyl sites for hydroxylation is 1. The molecule has 6 nitrogen and oxygen atoms in total. The van der Waals surface area contributed by atoms with Gasteiger partial charge in [-0.3, -0.25) is 4.79 Å². The molecule has 2 saturated heterocycles. The molecule has 1 aromatic rings. The largest absolute Gasteiger partial charge is 0.369 e. The first-order valence-electron chi connectivity index (χ1n) is 8.86. The van der Waals surface area contributed by atoms with Gasteiger partial charge in [-0.1, -0.05) is 0 Å². The highest BCUT2D eigenvalue weighted by Crippen LogP contribution is 2.24. The molecule has 1 aromatic carbocycles. The molecule has 0 saturated carbocycles. The maximum atomic E-state index is 13.3. The van der Waals surface area contributed by atoms with Gasteiger partial charge >= 0.3 is 6.03 Å². The van der Waals surface area contributed by atoms with Gasteiger partial charge in [0.05, 0.1) is 0 Å². The van der Waals surface area contributed by atoms with Crippen LogP contribution in [0.4, 0.5) is 14.9 Å². The standard InChI is InChI=1S/C18H25FN4O2/c1-13-10-14(19)5-6-16(13)22-8-2-4-15(11-22)21-17(24)12-23-9-3-7-20-18(23)25/h5-6,10,15H,2-4,7-9,11-12H2,1H3,(H,20,25)(H,21,24). The van der Waals surface area contributed by atoms with Crippen LogP contribution in [-0.2, 0) is 4.79 Å². The molecule has 0 radical (unpaired) electrons. The maximum absolute atomic E-state index is 13.3. The number of hydrogen-bond donors (Lipinski definition) is 2.